The largest absolute Gasteiger partial charge is 0.387 e. The molecule has 1 saturated heterocycles. The average molecular weight is 580 g/mol. The summed E-state index contributed by atoms with van der Waals surface area (Å²) < 4.78 is 22.2. The van der Waals surface area contributed by atoms with E-state index < -0.39 is 30.4 Å². The SMILES string of the molecule is CC(C)N(C[C@H]1O[C@@H](n2cc(F)c3c(N)ncnc32)[C@H](O)[C@@H]1O)C1CC(CCc2nc3ccc(C(C)(C)C)cc3[nH]2)C1. The summed E-state index contributed by atoms with van der Waals surface area (Å²) in [4.78, 5) is 18.7. The summed E-state index contributed by atoms with van der Waals surface area (Å²) in [7, 11) is 0. The molecule has 42 heavy (non-hydrogen) atoms. The molecular formula is C31H42FN7O3. The van der Waals surface area contributed by atoms with Crippen molar-refractivity contribution >= 4 is 27.9 Å². The van der Waals surface area contributed by atoms with E-state index in [1.165, 1.54) is 22.7 Å². The van der Waals surface area contributed by atoms with E-state index in [9.17, 15) is 14.6 Å². The molecule has 1 saturated carbocycles. The summed E-state index contributed by atoms with van der Waals surface area (Å²) in [5.74, 6) is 1.05. The van der Waals surface area contributed by atoms with E-state index in [-0.39, 0.29) is 28.3 Å². The number of aryl methyl sites for hydroxylation is 1. The van der Waals surface area contributed by atoms with Crippen LogP contribution in [0.3, 0.4) is 0 Å². The third kappa shape index (κ3) is 5.27. The molecule has 0 unspecified atom stereocenters. The number of benzene rings is 1. The van der Waals surface area contributed by atoms with Gasteiger partial charge in [-0.3, -0.25) is 4.90 Å². The molecule has 4 heterocycles. The molecular weight excluding hydrogens is 537 g/mol. The Kier molecular flexibility index (Phi) is 7.49. The average Bonchev–Trinajstić information content (AvgIpc) is 3.55. The fraction of sp³-hybridized carbons (Fsp3) is 0.581. The molecule has 2 aliphatic rings. The molecule has 1 aliphatic carbocycles. The molecule has 4 aromatic rings. The fourth-order valence-electron chi connectivity index (χ4n) is 6.55. The molecule has 11 heteroatoms. The zero-order valence-electron chi connectivity index (χ0n) is 25.0. The summed E-state index contributed by atoms with van der Waals surface area (Å²) in [6.45, 7) is 11.4. The molecule has 6 rings (SSSR count). The summed E-state index contributed by atoms with van der Waals surface area (Å²) in [6.07, 6.45) is 2.54. The smallest absolute Gasteiger partial charge is 0.164 e. The van der Waals surface area contributed by atoms with Crippen LogP contribution in [-0.4, -0.2) is 76.6 Å². The Morgan fingerprint density at radius 2 is 1.95 bits per heavy atom. The minimum absolute atomic E-state index is 0.0151. The number of hydrogen-bond acceptors (Lipinski definition) is 8. The molecule has 0 spiro atoms. The van der Waals surface area contributed by atoms with Crippen molar-refractivity contribution in [3.8, 4) is 0 Å². The van der Waals surface area contributed by atoms with Crippen molar-refractivity contribution in [1.82, 2.24) is 29.4 Å². The van der Waals surface area contributed by atoms with Crippen LogP contribution in [0.1, 0.15) is 71.5 Å². The van der Waals surface area contributed by atoms with E-state index in [2.05, 4.69) is 72.7 Å². The van der Waals surface area contributed by atoms with Gasteiger partial charge in [0.2, 0.25) is 0 Å². The first kappa shape index (κ1) is 29.0. The van der Waals surface area contributed by atoms with E-state index in [1.807, 2.05) is 0 Å². The second kappa shape index (κ2) is 10.9. The number of aromatic amines is 1. The number of anilines is 1. The zero-order valence-corrected chi connectivity index (χ0v) is 25.0. The van der Waals surface area contributed by atoms with Crippen LogP contribution < -0.4 is 5.73 Å². The van der Waals surface area contributed by atoms with Crippen LogP contribution in [0.25, 0.3) is 22.1 Å². The molecule has 10 nitrogen and oxygen atoms in total. The Bertz CT molecular complexity index is 1570. The van der Waals surface area contributed by atoms with Crippen LogP contribution >= 0.6 is 0 Å². The Labute approximate surface area is 245 Å². The number of aromatic nitrogens is 5. The van der Waals surface area contributed by atoms with Gasteiger partial charge in [-0.2, -0.15) is 0 Å². The van der Waals surface area contributed by atoms with E-state index in [0.29, 0.717) is 18.5 Å². The predicted molar refractivity (Wildman–Crippen MR) is 159 cm³/mol. The third-order valence-corrected chi connectivity index (χ3v) is 9.12. The van der Waals surface area contributed by atoms with Crippen molar-refractivity contribution in [3.05, 3.63) is 47.9 Å². The summed E-state index contributed by atoms with van der Waals surface area (Å²) in [5, 5.41) is 21.9. The van der Waals surface area contributed by atoms with Gasteiger partial charge < -0.3 is 30.2 Å². The number of imidazole rings is 1. The molecule has 0 amide bonds. The molecule has 5 N–H and O–H groups in total. The quantitative estimate of drug-likeness (QED) is 0.245. The molecule has 4 atom stereocenters. The van der Waals surface area contributed by atoms with Gasteiger partial charge in [-0.15, -0.1) is 0 Å². The lowest BCUT2D eigenvalue weighted by Crippen LogP contribution is -2.52. The summed E-state index contributed by atoms with van der Waals surface area (Å²) in [6, 6.07) is 7.08. The Morgan fingerprint density at radius 3 is 2.67 bits per heavy atom. The lowest BCUT2D eigenvalue weighted by Gasteiger charge is -2.46. The number of aliphatic hydroxyl groups excluding tert-OH is 2. The lowest BCUT2D eigenvalue weighted by atomic mass is 9.76. The van der Waals surface area contributed by atoms with Crippen molar-refractivity contribution in [2.24, 2.45) is 5.92 Å². The second-order valence-corrected chi connectivity index (χ2v) is 13.4. The van der Waals surface area contributed by atoms with Crippen LogP contribution in [0.15, 0.2) is 30.7 Å². The highest BCUT2D eigenvalue weighted by atomic mass is 19.1. The first-order valence-electron chi connectivity index (χ1n) is 14.9. The number of rotatable bonds is 8. The van der Waals surface area contributed by atoms with Gasteiger partial charge in [-0.25, -0.2) is 19.3 Å². The van der Waals surface area contributed by atoms with Gasteiger partial charge in [0.15, 0.2) is 17.7 Å². The van der Waals surface area contributed by atoms with Gasteiger partial charge in [-0.1, -0.05) is 26.8 Å². The van der Waals surface area contributed by atoms with Gasteiger partial charge in [0.25, 0.3) is 0 Å². The van der Waals surface area contributed by atoms with Crippen LogP contribution in [0, 0.1) is 11.7 Å². The number of ether oxygens (including phenoxy) is 1. The maximum absolute atomic E-state index is 14.6. The molecule has 1 aromatic carbocycles. The van der Waals surface area contributed by atoms with Gasteiger partial charge in [0, 0.05) is 31.2 Å². The van der Waals surface area contributed by atoms with Crippen molar-refractivity contribution in [2.45, 2.75) is 102 Å². The summed E-state index contributed by atoms with van der Waals surface area (Å²) >= 11 is 0. The van der Waals surface area contributed by atoms with E-state index in [1.54, 1.807) is 0 Å². The Balaban J connectivity index is 1.07. The number of fused-ring (bicyclic) bond motifs is 2. The second-order valence-electron chi connectivity index (χ2n) is 13.4. The first-order valence-corrected chi connectivity index (χ1v) is 14.9. The molecule has 0 bridgehead atoms. The van der Waals surface area contributed by atoms with Crippen LogP contribution in [0.2, 0.25) is 0 Å². The number of nitrogens with two attached hydrogens (primary N) is 1. The van der Waals surface area contributed by atoms with Gasteiger partial charge in [0.1, 0.15) is 36.3 Å². The minimum atomic E-state index is -1.24. The molecule has 0 radical (unpaired) electrons. The normalized spacial score (nSPS) is 26.6. The number of nitrogen functional groups attached to an aromatic ring is 1. The maximum atomic E-state index is 14.6. The van der Waals surface area contributed by atoms with Gasteiger partial charge >= 0.3 is 0 Å². The number of halogens is 1. The highest BCUT2D eigenvalue weighted by Crippen LogP contribution is 2.39. The predicted octanol–water partition coefficient (Wildman–Crippen LogP) is 4.07. The van der Waals surface area contributed by atoms with Crippen molar-refractivity contribution in [3.63, 3.8) is 0 Å². The van der Waals surface area contributed by atoms with E-state index in [0.717, 1.165) is 42.5 Å². The number of nitrogens with one attached hydrogen (secondary N) is 1. The fourth-order valence-corrected chi connectivity index (χ4v) is 6.55. The molecule has 1 aliphatic heterocycles. The zero-order chi connectivity index (χ0) is 29.9. The molecule has 2 fully saturated rings. The highest BCUT2D eigenvalue weighted by molar-refractivity contribution is 5.86. The standard InChI is InChI=1S/C31H42FN7O3/c1-16(2)38(14-23-26(40)27(41)30(42-23)39-13-20(32)25-28(33)34-15-35-29(25)39)19-10-17(11-19)6-9-24-36-21-8-7-18(31(3,4)5)12-22(21)37-24/h7-8,12-13,15-17,19,23,26-27,30,40-41H,6,9-11,14H2,1-5H3,(H,36,37)(H2,33,34,35)/t17?,19?,23-,26-,27-,30-/m1/s1. The maximum Gasteiger partial charge on any atom is 0.164 e. The van der Waals surface area contributed by atoms with Crippen molar-refractivity contribution in [1.29, 1.82) is 0 Å². The van der Waals surface area contributed by atoms with Gasteiger partial charge in [-0.05, 0) is 62.1 Å². The van der Waals surface area contributed by atoms with Crippen LogP contribution in [0.4, 0.5) is 10.2 Å². The monoisotopic (exact) mass is 579 g/mol. The number of H-pyrrole nitrogens is 1. The Hall–Kier alpha value is -3.12. The first-order chi connectivity index (χ1) is 19.9. The van der Waals surface area contributed by atoms with Gasteiger partial charge in [0.05, 0.1) is 16.4 Å². The van der Waals surface area contributed by atoms with Crippen molar-refractivity contribution in [2.75, 3.05) is 12.3 Å². The number of hydrogen-bond donors (Lipinski definition) is 4. The van der Waals surface area contributed by atoms with E-state index >= 15 is 0 Å². The topological polar surface area (TPSA) is 138 Å². The molecule has 3 aromatic heterocycles. The highest BCUT2D eigenvalue weighted by Gasteiger charge is 2.46. The van der Waals surface area contributed by atoms with E-state index in [4.69, 9.17) is 15.5 Å². The number of nitrogens with zero attached hydrogens (tertiary/aromatic N) is 5. The summed E-state index contributed by atoms with van der Waals surface area (Å²) in [5.41, 5.74) is 9.56. The van der Waals surface area contributed by atoms with Crippen LogP contribution in [-0.2, 0) is 16.6 Å². The third-order valence-electron chi connectivity index (χ3n) is 9.12. The minimum Gasteiger partial charge on any atom is -0.387 e. The lowest BCUT2D eigenvalue weighted by molar-refractivity contribution is -0.0620. The Morgan fingerprint density at radius 1 is 1.19 bits per heavy atom. The van der Waals surface area contributed by atoms with Crippen LogP contribution in [0.5, 0.6) is 0 Å². The van der Waals surface area contributed by atoms with Crippen molar-refractivity contribution < 1.29 is 19.3 Å². The molecule has 226 valence electrons. The number of aliphatic hydroxyl groups is 2.